The van der Waals surface area contributed by atoms with Crippen molar-refractivity contribution in [3.8, 4) is 11.5 Å². The quantitative estimate of drug-likeness (QED) is 0.184. The summed E-state index contributed by atoms with van der Waals surface area (Å²) in [7, 11) is 3.16. The lowest BCUT2D eigenvalue weighted by atomic mass is 9.91. The van der Waals surface area contributed by atoms with E-state index in [2.05, 4.69) is 11.6 Å². The molecule has 2 amide bonds. The maximum atomic E-state index is 12.2. The molecule has 0 saturated carbocycles. The van der Waals surface area contributed by atoms with E-state index in [1.807, 2.05) is 26.8 Å². The van der Waals surface area contributed by atoms with E-state index in [1.54, 1.807) is 25.3 Å². The first-order valence-electron chi connectivity index (χ1n) is 13.5. The van der Waals surface area contributed by atoms with Gasteiger partial charge >= 0.3 is 6.09 Å². The number of aromatic hydroxyl groups is 2. The number of carbonyl (C=O) groups is 2. The number of fused-ring (bicyclic) bond motifs is 2. The summed E-state index contributed by atoms with van der Waals surface area (Å²) in [5.74, 6) is -0.271. The number of anilines is 1. The number of primary amides is 1. The molecular formula is C31H43N3O7. The van der Waals surface area contributed by atoms with Gasteiger partial charge in [0.1, 0.15) is 23.3 Å². The Morgan fingerprint density at radius 2 is 1.98 bits per heavy atom. The van der Waals surface area contributed by atoms with E-state index in [1.165, 1.54) is 30.4 Å². The average molecular weight is 570 g/mol. The smallest absolute Gasteiger partial charge is 0.405 e. The maximum Gasteiger partial charge on any atom is 0.405 e. The summed E-state index contributed by atoms with van der Waals surface area (Å²) in [5, 5.41) is 22.2. The van der Waals surface area contributed by atoms with E-state index in [-0.39, 0.29) is 41.4 Å². The molecule has 0 radical (unpaired) electrons. The number of nitrogens with zero attached hydrogens (tertiary/aromatic N) is 2. The third kappa shape index (κ3) is 9.61. The number of hydrogen-bond acceptors (Lipinski definition) is 8. The van der Waals surface area contributed by atoms with Crippen molar-refractivity contribution in [2.24, 2.45) is 16.6 Å². The largest absolute Gasteiger partial charge is 0.506 e. The fourth-order valence-corrected chi connectivity index (χ4v) is 4.87. The molecule has 41 heavy (non-hydrogen) atoms. The molecule has 1 aliphatic rings. The molecule has 0 saturated heterocycles. The van der Waals surface area contributed by atoms with Crippen LogP contribution in [-0.4, -0.2) is 68.0 Å². The van der Waals surface area contributed by atoms with Gasteiger partial charge in [-0.15, -0.1) is 0 Å². The lowest BCUT2D eigenvalue weighted by Gasteiger charge is -2.25. The van der Waals surface area contributed by atoms with E-state index >= 15 is 0 Å². The zero-order chi connectivity index (χ0) is 30.5. The molecule has 224 valence electrons. The standard InChI is InChI=1S/C31H43N3O7/c1-7-14-33-28-24-16-21(3)15-23(39-5)12-9-11-22(4)30(41-31(32)38)27(40-6)13-8-10-20(2)18-34(19-35)25(29(24)37)17-26(28)36/h7-8,10-11,13-14,17,19,21,23,27,30,36-37H,1,9,12,15-16,18H2,2-6H3,(H2,32,38). The van der Waals surface area contributed by atoms with Gasteiger partial charge in [-0.05, 0) is 51.0 Å². The number of methoxy groups -OCH3 is 2. The average Bonchev–Trinajstić information content (AvgIpc) is 2.93. The van der Waals surface area contributed by atoms with Gasteiger partial charge in [-0.3, -0.25) is 9.79 Å². The number of hydrogen-bond donors (Lipinski definition) is 3. The topological polar surface area (TPSA) is 144 Å². The van der Waals surface area contributed by atoms with Crippen molar-refractivity contribution in [1.29, 1.82) is 0 Å². The van der Waals surface area contributed by atoms with Crippen molar-refractivity contribution < 1.29 is 34.0 Å². The van der Waals surface area contributed by atoms with Crippen LogP contribution in [0.4, 0.5) is 16.2 Å². The molecule has 4 unspecified atom stereocenters. The first-order chi connectivity index (χ1) is 19.6. The van der Waals surface area contributed by atoms with Gasteiger partial charge < -0.3 is 35.1 Å². The van der Waals surface area contributed by atoms with Crippen LogP contribution in [0, 0.1) is 5.92 Å². The Bertz CT molecular complexity index is 1190. The van der Waals surface area contributed by atoms with Crippen molar-refractivity contribution in [2.75, 3.05) is 25.7 Å². The number of amides is 2. The first-order valence-corrected chi connectivity index (χ1v) is 13.5. The summed E-state index contributed by atoms with van der Waals surface area (Å²) in [4.78, 5) is 29.5. The van der Waals surface area contributed by atoms with Gasteiger partial charge in [-0.1, -0.05) is 49.5 Å². The van der Waals surface area contributed by atoms with E-state index in [0.717, 1.165) is 11.1 Å². The molecule has 2 rings (SSSR count). The zero-order valence-corrected chi connectivity index (χ0v) is 24.6. The van der Waals surface area contributed by atoms with E-state index < -0.39 is 18.3 Å². The molecule has 1 aromatic rings. The molecule has 1 heterocycles. The SMILES string of the molecule is C=CC=Nc1c(O)cc2c(O)c1CC(C)CC(OC)CCC=C(C)C(OC(N)=O)C(OC)C=CC=C(C)CN2C=O. The molecule has 1 aromatic carbocycles. The Balaban J connectivity index is 2.64. The van der Waals surface area contributed by atoms with Gasteiger partial charge in [0.15, 0.2) is 6.10 Å². The lowest BCUT2D eigenvalue weighted by molar-refractivity contribution is -0.107. The van der Waals surface area contributed by atoms with Gasteiger partial charge in [0.05, 0.1) is 11.8 Å². The number of benzene rings is 1. The number of ether oxygens (including phenoxy) is 3. The van der Waals surface area contributed by atoms with Crippen LogP contribution in [0.15, 0.2) is 59.2 Å². The highest BCUT2D eigenvalue weighted by atomic mass is 16.6. The van der Waals surface area contributed by atoms with Gasteiger partial charge in [-0.25, -0.2) is 4.79 Å². The van der Waals surface area contributed by atoms with E-state index in [4.69, 9.17) is 19.9 Å². The van der Waals surface area contributed by atoms with Crippen LogP contribution in [-0.2, 0) is 25.4 Å². The molecule has 0 aliphatic carbocycles. The highest BCUT2D eigenvalue weighted by Crippen LogP contribution is 2.45. The third-order valence-electron chi connectivity index (χ3n) is 6.95. The Kier molecular flexibility index (Phi) is 13.3. The Hall–Kier alpha value is -3.89. The monoisotopic (exact) mass is 569 g/mol. The number of rotatable bonds is 6. The molecule has 0 aromatic heterocycles. The number of carbonyl (C=O) groups excluding carboxylic acids is 2. The number of phenols is 2. The second-order valence-corrected chi connectivity index (χ2v) is 10.2. The molecular weight excluding hydrogens is 526 g/mol. The minimum Gasteiger partial charge on any atom is -0.506 e. The summed E-state index contributed by atoms with van der Waals surface area (Å²) in [5.41, 5.74) is 7.73. The van der Waals surface area contributed by atoms with Crippen LogP contribution in [0.25, 0.3) is 0 Å². The minimum absolute atomic E-state index is 0.0182. The molecule has 10 heteroatoms. The van der Waals surface area contributed by atoms with Gasteiger partial charge in [0.25, 0.3) is 0 Å². The van der Waals surface area contributed by atoms with Crippen LogP contribution in [0.2, 0.25) is 0 Å². The second-order valence-electron chi connectivity index (χ2n) is 10.2. The van der Waals surface area contributed by atoms with Gasteiger partial charge in [-0.2, -0.15) is 0 Å². The number of allylic oxidation sites excluding steroid dienone is 4. The highest BCUT2D eigenvalue weighted by Gasteiger charge is 2.26. The Labute approximate surface area is 242 Å². The van der Waals surface area contributed by atoms with Gasteiger partial charge in [0.2, 0.25) is 6.41 Å². The number of phenolic OH excluding ortho intramolecular Hbond substituents is 2. The van der Waals surface area contributed by atoms with Gasteiger partial charge in [0, 0.05) is 38.6 Å². The molecule has 4 atom stereocenters. The van der Waals surface area contributed by atoms with Crippen molar-refractivity contribution in [2.45, 2.75) is 64.8 Å². The summed E-state index contributed by atoms with van der Waals surface area (Å²) in [6.07, 6.45) is 10.8. The number of nitrogens with two attached hydrogens (primary N) is 1. The predicted octanol–water partition coefficient (Wildman–Crippen LogP) is 5.25. The molecule has 10 nitrogen and oxygen atoms in total. The molecule has 1 aliphatic heterocycles. The second kappa shape index (κ2) is 16.4. The van der Waals surface area contributed by atoms with Crippen LogP contribution < -0.4 is 10.6 Å². The van der Waals surface area contributed by atoms with Crippen LogP contribution >= 0.6 is 0 Å². The van der Waals surface area contributed by atoms with E-state index in [9.17, 15) is 19.8 Å². The van der Waals surface area contributed by atoms with Crippen LogP contribution in [0.5, 0.6) is 11.5 Å². The van der Waals surface area contributed by atoms with E-state index in [0.29, 0.717) is 37.7 Å². The Morgan fingerprint density at radius 1 is 1.24 bits per heavy atom. The normalized spacial score (nSPS) is 23.1. The van der Waals surface area contributed by atoms with Crippen molar-refractivity contribution in [3.05, 3.63) is 59.7 Å². The summed E-state index contributed by atoms with van der Waals surface area (Å²) in [6, 6.07) is 1.33. The predicted molar refractivity (Wildman–Crippen MR) is 161 cm³/mol. The van der Waals surface area contributed by atoms with Crippen molar-refractivity contribution >= 4 is 30.1 Å². The molecule has 2 bridgehead atoms. The van der Waals surface area contributed by atoms with Crippen LogP contribution in [0.1, 0.15) is 45.6 Å². The molecule has 4 N–H and O–H groups in total. The molecule has 0 spiro atoms. The maximum absolute atomic E-state index is 12.2. The summed E-state index contributed by atoms with van der Waals surface area (Å²) >= 11 is 0. The van der Waals surface area contributed by atoms with Crippen molar-refractivity contribution in [1.82, 2.24) is 0 Å². The van der Waals surface area contributed by atoms with Crippen LogP contribution in [0.3, 0.4) is 0 Å². The fraction of sp³-hybridized carbons (Fsp3) is 0.452. The highest BCUT2D eigenvalue weighted by molar-refractivity contribution is 5.86. The third-order valence-corrected chi connectivity index (χ3v) is 6.95. The zero-order valence-electron chi connectivity index (χ0n) is 24.6. The first kappa shape index (κ1) is 33.3. The minimum atomic E-state index is -0.907. The number of aliphatic imine (C=N–C) groups is 1. The summed E-state index contributed by atoms with van der Waals surface area (Å²) in [6.45, 7) is 9.48. The lowest BCUT2D eigenvalue weighted by Crippen LogP contribution is -2.34. The van der Waals surface area contributed by atoms with Crippen molar-refractivity contribution in [3.63, 3.8) is 0 Å². The molecule has 0 fully saturated rings. The fourth-order valence-electron chi connectivity index (χ4n) is 4.87. The Morgan fingerprint density at radius 3 is 2.59 bits per heavy atom. The summed E-state index contributed by atoms with van der Waals surface area (Å²) < 4.78 is 16.8.